The highest BCUT2D eigenvalue weighted by molar-refractivity contribution is 5.81. The lowest BCUT2D eigenvalue weighted by molar-refractivity contribution is -0.129. The van der Waals surface area contributed by atoms with Crippen molar-refractivity contribution >= 4 is 5.78 Å². The van der Waals surface area contributed by atoms with Crippen LogP contribution in [0, 0.1) is 0 Å². The molecule has 16 heavy (non-hydrogen) atoms. The minimum atomic E-state index is -0.113. The number of ketones is 1. The maximum absolute atomic E-state index is 11.4. The van der Waals surface area contributed by atoms with Gasteiger partial charge in [-0.1, -0.05) is 0 Å². The quantitative estimate of drug-likeness (QED) is 0.723. The van der Waals surface area contributed by atoms with Gasteiger partial charge in [0.15, 0.2) is 0 Å². The van der Waals surface area contributed by atoms with E-state index in [4.69, 9.17) is 9.47 Å². The Balaban J connectivity index is 2.36. The van der Waals surface area contributed by atoms with Gasteiger partial charge in [0.2, 0.25) is 0 Å². The molecule has 94 valence electrons. The second-order valence-corrected chi connectivity index (χ2v) is 5.20. The Labute approximate surface area is 97.9 Å². The number of carbonyl (C=O) groups excluding carboxylic acids is 1. The fraction of sp³-hybridized carbons (Fsp3) is 0.917. The number of ether oxygens (including phenoxy) is 2. The monoisotopic (exact) mass is 229 g/mol. The van der Waals surface area contributed by atoms with Crippen LogP contribution in [0.3, 0.4) is 0 Å². The molecule has 1 aliphatic rings. The second kappa shape index (κ2) is 5.75. The largest absolute Gasteiger partial charge is 0.378 e. The predicted molar refractivity (Wildman–Crippen MR) is 62.6 cm³/mol. The van der Waals surface area contributed by atoms with Gasteiger partial charge in [0.1, 0.15) is 5.78 Å². The van der Waals surface area contributed by atoms with Crippen molar-refractivity contribution in [3.05, 3.63) is 0 Å². The molecule has 0 aromatic rings. The van der Waals surface area contributed by atoms with Crippen LogP contribution < -0.4 is 0 Å². The third-order valence-corrected chi connectivity index (χ3v) is 2.62. The van der Waals surface area contributed by atoms with Gasteiger partial charge in [0, 0.05) is 13.1 Å². The Morgan fingerprint density at radius 1 is 1.50 bits per heavy atom. The zero-order valence-electron chi connectivity index (χ0n) is 10.8. The van der Waals surface area contributed by atoms with Crippen LogP contribution in [0.5, 0.6) is 0 Å². The second-order valence-electron chi connectivity index (χ2n) is 5.20. The number of morpholine rings is 1. The standard InChI is InChI=1S/C12H23NO3/c1-10(14)11-9-15-7-5-13(11)6-8-16-12(2,3)4/h11H,5-9H2,1-4H3. The first-order valence-electron chi connectivity index (χ1n) is 5.86. The van der Waals surface area contributed by atoms with Crippen molar-refractivity contribution in [3.8, 4) is 0 Å². The molecule has 1 rings (SSSR count). The van der Waals surface area contributed by atoms with E-state index in [2.05, 4.69) is 4.90 Å². The van der Waals surface area contributed by atoms with E-state index in [0.29, 0.717) is 19.8 Å². The molecule has 0 aromatic heterocycles. The lowest BCUT2D eigenvalue weighted by atomic mass is 10.1. The number of carbonyl (C=O) groups is 1. The molecule has 0 saturated carbocycles. The third kappa shape index (κ3) is 4.60. The molecule has 0 N–H and O–H groups in total. The molecule has 1 atom stereocenters. The van der Waals surface area contributed by atoms with Gasteiger partial charge in [-0.2, -0.15) is 0 Å². The minimum absolute atomic E-state index is 0.0858. The first-order valence-corrected chi connectivity index (χ1v) is 5.86. The molecule has 1 fully saturated rings. The number of Topliss-reactive ketones (excluding diaryl/α,β-unsaturated/α-hetero) is 1. The smallest absolute Gasteiger partial charge is 0.149 e. The Bertz CT molecular complexity index is 235. The summed E-state index contributed by atoms with van der Waals surface area (Å²) in [6.45, 7) is 11.2. The molecule has 0 aliphatic carbocycles. The summed E-state index contributed by atoms with van der Waals surface area (Å²) in [5.74, 6) is 0.176. The van der Waals surface area contributed by atoms with Crippen LogP contribution in [0.4, 0.5) is 0 Å². The number of hydrogen-bond donors (Lipinski definition) is 0. The van der Waals surface area contributed by atoms with Crippen molar-refractivity contribution in [2.24, 2.45) is 0 Å². The van der Waals surface area contributed by atoms with Gasteiger partial charge in [-0.05, 0) is 27.7 Å². The minimum Gasteiger partial charge on any atom is -0.378 e. The molecular weight excluding hydrogens is 206 g/mol. The van der Waals surface area contributed by atoms with E-state index in [9.17, 15) is 4.79 Å². The van der Waals surface area contributed by atoms with Crippen molar-refractivity contribution in [3.63, 3.8) is 0 Å². The highest BCUT2D eigenvalue weighted by Crippen LogP contribution is 2.10. The third-order valence-electron chi connectivity index (χ3n) is 2.62. The van der Waals surface area contributed by atoms with Gasteiger partial charge in [-0.15, -0.1) is 0 Å². The molecule has 1 heterocycles. The van der Waals surface area contributed by atoms with Crippen molar-refractivity contribution in [1.29, 1.82) is 0 Å². The van der Waals surface area contributed by atoms with E-state index in [0.717, 1.165) is 13.1 Å². The Kier molecular flexibility index (Phi) is 4.89. The molecule has 0 amide bonds. The van der Waals surface area contributed by atoms with Gasteiger partial charge in [0.05, 0.1) is 31.5 Å². The maximum atomic E-state index is 11.4. The number of nitrogens with zero attached hydrogens (tertiary/aromatic N) is 1. The Hall–Kier alpha value is -0.450. The summed E-state index contributed by atoms with van der Waals surface area (Å²) in [7, 11) is 0. The fourth-order valence-electron chi connectivity index (χ4n) is 1.75. The van der Waals surface area contributed by atoms with E-state index < -0.39 is 0 Å². The van der Waals surface area contributed by atoms with E-state index in [-0.39, 0.29) is 17.4 Å². The van der Waals surface area contributed by atoms with E-state index in [1.54, 1.807) is 6.92 Å². The van der Waals surface area contributed by atoms with Crippen molar-refractivity contribution in [2.75, 3.05) is 32.9 Å². The lowest BCUT2D eigenvalue weighted by Crippen LogP contribution is -2.50. The molecule has 0 radical (unpaired) electrons. The average Bonchev–Trinajstić information content (AvgIpc) is 2.16. The highest BCUT2D eigenvalue weighted by Gasteiger charge is 2.26. The van der Waals surface area contributed by atoms with Gasteiger partial charge in [-0.25, -0.2) is 0 Å². The van der Waals surface area contributed by atoms with E-state index >= 15 is 0 Å². The topological polar surface area (TPSA) is 38.8 Å². The molecule has 1 aliphatic heterocycles. The molecular formula is C12H23NO3. The van der Waals surface area contributed by atoms with Crippen LogP contribution in [-0.4, -0.2) is 55.2 Å². The van der Waals surface area contributed by atoms with Crippen molar-refractivity contribution < 1.29 is 14.3 Å². The molecule has 1 unspecified atom stereocenters. The number of hydrogen-bond acceptors (Lipinski definition) is 4. The average molecular weight is 229 g/mol. The lowest BCUT2D eigenvalue weighted by Gasteiger charge is -2.34. The van der Waals surface area contributed by atoms with Gasteiger partial charge >= 0.3 is 0 Å². The van der Waals surface area contributed by atoms with Crippen LogP contribution in [0.1, 0.15) is 27.7 Å². The number of rotatable bonds is 4. The summed E-state index contributed by atoms with van der Waals surface area (Å²) >= 11 is 0. The highest BCUT2D eigenvalue weighted by atomic mass is 16.5. The van der Waals surface area contributed by atoms with Crippen LogP contribution >= 0.6 is 0 Å². The van der Waals surface area contributed by atoms with Crippen molar-refractivity contribution in [1.82, 2.24) is 4.90 Å². The Morgan fingerprint density at radius 3 is 2.75 bits per heavy atom. The Morgan fingerprint density at radius 2 is 2.19 bits per heavy atom. The molecule has 0 bridgehead atoms. The first kappa shape index (κ1) is 13.6. The van der Waals surface area contributed by atoms with Gasteiger partial charge in [-0.3, -0.25) is 9.69 Å². The zero-order valence-corrected chi connectivity index (χ0v) is 10.8. The molecule has 0 spiro atoms. The SMILES string of the molecule is CC(=O)C1COCCN1CCOC(C)(C)C. The van der Waals surface area contributed by atoms with Crippen LogP contribution in [-0.2, 0) is 14.3 Å². The van der Waals surface area contributed by atoms with E-state index in [1.807, 2.05) is 20.8 Å². The summed E-state index contributed by atoms with van der Waals surface area (Å²) in [5.41, 5.74) is -0.113. The first-order chi connectivity index (χ1) is 7.40. The summed E-state index contributed by atoms with van der Waals surface area (Å²) in [4.78, 5) is 13.6. The van der Waals surface area contributed by atoms with Crippen LogP contribution in [0.25, 0.3) is 0 Å². The van der Waals surface area contributed by atoms with Gasteiger partial charge < -0.3 is 9.47 Å². The van der Waals surface area contributed by atoms with Crippen LogP contribution in [0.2, 0.25) is 0 Å². The summed E-state index contributed by atoms with van der Waals surface area (Å²) < 4.78 is 11.0. The van der Waals surface area contributed by atoms with Crippen molar-refractivity contribution in [2.45, 2.75) is 39.3 Å². The zero-order chi connectivity index (χ0) is 12.2. The van der Waals surface area contributed by atoms with E-state index in [1.165, 1.54) is 0 Å². The van der Waals surface area contributed by atoms with Gasteiger partial charge in [0.25, 0.3) is 0 Å². The molecule has 1 saturated heterocycles. The summed E-state index contributed by atoms with van der Waals surface area (Å²) in [6, 6.07) is -0.0858. The fourth-order valence-corrected chi connectivity index (χ4v) is 1.75. The molecule has 4 heteroatoms. The molecule has 4 nitrogen and oxygen atoms in total. The normalized spacial score (nSPS) is 23.4. The molecule has 0 aromatic carbocycles. The maximum Gasteiger partial charge on any atom is 0.149 e. The predicted octanol–water partition coefficient (Wildman–Crippen LogP) is 1.09. The summed E-state index contributed by atoms with van der Waals surface area (Å²) in [6.07, 6.45) is 0. The van der Waals surface area contributed by atoms with Crippen LogP contribution in [0.15, 0.2) is 0 Å². The summed E-state index contributed by atoms with van der Waals surface area (Å²) in [5, 5.41) is 0.